The molecule has 0 aromatic carbocycles. The Bertz CT molecular complexity index is 478. The summed E-state index contributed by atoms with van der Waals surface area (Å²) >= 11 is 5.93. The number of aryl methyl sites for hydroxylation is 1. The average molecular weight is 378 g/mol. The molecule has 2 aromatic rings. The van der Waals surface area contributed by atoms with E-state index in [2.05, 4.69) is 63.6 Å². The lowest BCUT2D eigenvalue weighted by atomic mass is 10.1. The normalized spacial score (nSPS) is 12.9. The molecule has 0 aliphatic heterocycles. The third kappa shape index (κ3) is 3.74. The van der Waals surface area contributed by atoms with Crippen LogP contribution >= 0.6 is 45.3 Å². The zero-order valence-corrected chi connectivity index (χ0v) is 13.7. The molecular formula is C12H15IN2S2. The molecule has 2 rings (SSSR count). The maximum absolute atomic E-state index is 4.55. The summed E-state index contributed by atoms with van der Waals surface area (Å²) in [5, 5.41) is 9.12. The summed E-state index contributed by atoms with van der Waals surface area (Å²) in [6, 6.07) is 2.66. The fourth-order valence-corrected chi connectivity index (χ4v) is 3.98. The van der Waals surface area contributed by atoms with Crippen LogP contribution in [0, 0.1) is 9.81 Å². The van der Waals surface area contributed by atoms with Crippen molar-refractivity contribution in [3.05, 3.63) is 36.0 Å². The van der Waals surface area contributed by atoms with Crippen molar-refractivity contribution in [2.75, 3.05) is 6.54 Å². The summed E-state index contributed by atoms with van der Waals surface area (Å²) in [5.74, 6) is 0. The first kappa shape index (κ1) is 13.5. The highest BCUT2D eigenvalue weighted by atomic mass is 127. The predicted molar refractivity (Wildman–Crippen MR) is 84.0 cm³/mol. The molecule has 0 saturated heterocycles. The zero-order chi connectivity index (χ0) is 12.3. The van der Waals surface area contributed by atoms with E-state index in [4.69, 9.17) is 0 Å². The van der Waals surface area contributed by atoms with Gasteiger partial charge in [0.15, 0.2) is 0 Å². The van der Waals surface area contributed by atoms with Crippen molar-refractivity contribution in [1.29, 1.82) is 0 Å². The van der Waals surface area contributed by atoms with E-state index in [1.54, 1.807) is 22.7 Å². The highest BCUT2D eigenvalue weighted by Gasteiger charge is 2.14. The van der Waals surface area contributed by atoms with Crippen LogP contribution in [0.1, 0.15) is 29.2 Å². The quantitative estimate of drug-likeness (QED) is 0.796. The summed E-state index contributed by atoms with van der Waals surface area (Å²) in [6.07, 6.45) is 0.985. The van der Waals surface area contributed by atoms with E-state index in [0.29, 0.717) is 6.04 Å². The molecule has 0 radical (unpaired) electrons. The maximum atomic E-state index is 4.55. The number of thiophene rings is 1. The van der Waals surface area contributed by atoms with Gasteiger partial charge in [0.25, 0.3) is 0 Å². The minimum absolute atomic E-state index is 0.394. The predicted octanol–water partition coefficient (Wildman–Crippen LogP) is 4.01. The molecule has 0 spiro atoms. The number of aromatic nitrogens is 1. The Balaban J connectivity index is 2.12. The second-order valence-corrected chi connectivity index (χ2v) is 7.63. The summed E-state index contributed by atoms with van der Waals surface area (Å²) in [5.41, 5.74) is 2.51. The fraction of sp³-hybridized carbons (Fsp3) is 0.417. The molecule has 17 heavy (non-hydrogen) atoms. The van der Waals surface area contributed by atoms with E-state index in [1.165, 1.54) is 13.5 Å². The molecule has 1 atom stereocenters. The van der Waals surface area contributed by atoms with Crippen molar-refractivity contribution in [2.24, 2.45) is 0 Å². The third-order valence-electron chi connectivity index (χ3n) is 2.49. The Morgan fingerprint density at radius 2 is 2.24 bits per heavy atom. The van der Waals surface area contributed by atoms with Gasteiger partial charge in [-0.2, -0.15) is 0 Å². The number of thiazole rings is 1. The second-order valence-electron chi connectivity index (χ2n) is 3.88. The van der Waals surface area contributed by atoms with E-state index in [9.17, 15) is 0 Å². The Hall–Kier alpha value is 0.0200. The smallest absolute Gasteiger partial charge is 0.0947 e. The molecule has 0 saturated carbocycles. The van der Waals surface area contributed by atoms with Crippen molar-refractivity contribution >= 4 is 45.3 Å². The molecule has 0 amide bonds. The molecule has 1 unspecified atom stereocenters. The van der Waals surface area contributed by atoms with Crippen LogP contribution in [-0.4, -0.2) is 11.5 Å². The zero-order valence-electron chi connectivity index (χ0n) is 9.87. The molecule has 2 aromatic heterocycles. The first-order valence-corrected chi connectivity index (χ1v) is 8.41. The summed E-state index contributed by atoms with van der Waals surface area (Å²) < 4.78 is 1.34. The summed E-state index contributed by atoms with van der Waals surface area (Å²) in [7, 11) is 0. The third-order valence-corrected chi connectivity index (χ3v) is 5.28. The lowest BCUT2D eigenvalue weighted by Gasteiger charge is -2.15. The van der Waals surface area contributed by atoms with Gasteiger partial charge in [-0.1, -0.05) is 6.92 Å². The lowest BCUT2D eigenvalue weighted by molar-refractivity contribution is 0.550. The van der Waals surface area contributed by atoms with Crippen molar-refractivity contribution in [1.82, 2.24) is 10.3 Å². The lowest BCUT2D eigenvalue weighted by Crippen LogP contribution is -2.22. The highest BCUT2D eigenvalue weighted by molar-refractivity contribution is 14.1. The van der Waals surface area contributed by atoms with Crippen molar-refractivity contribution in [3.63, 3.8) is 0 Å². The number of hydrogen-bond donors (Lipinski definition) is 1. The molecule has 5 heteroatoms. The number of nitrogens with zero attached hydrogens (tertiary/aromatic N) is 1. The van der Waals surface area contributed by atoms with Gasteiger partial charge in [0.1, 0.15) is 0 Å². The fourth-order valence-electron chi connectivity index (χ4n) is 1.73. The van der Waals surface area contributed by atoms with Gasteiger partial charge in [0.2, 0.25) is 0 Å². The van der Waals surface area contributed by atoms with Gasteiger partial charge in [-0.15, -0.1) is 22.7 Å². The topological polar surface area (TPSA) is 24.9 Å². The van der Waals surface area contributed by atoms with Crippen LogP contribution in [0.25, 0.3) is 0 Å². The first-order valence-electron chi connectivity index (χ1n) is 5.57. The van der Waals surface area contributed by atoms with Gasteiger partial charge in [0.05, 0.1) is 7.89 Å². The van der Waals surface area contributed by atoms with Gasteiger partial charge < -0.3 is 5.32 Å². The number of rotatable bonds is 5. The molecule has 1 N–H and O–H groups in total. The largest absolute Gasteiger partial charge is 0.310 e. The molecule has 2 heterocycles. The van der Waals surface area contributed by atoms with Crippen LogP contribution in [0.3, 0.4) is 0 Å². The monoisotopic (exact) mass is 378 g/mol. The number of nitrogens with one attached hydrogen (secondary N) is 1. The van der Waals surface area contributed by atoms with Crippen molar-refractivity contribution < 1.29 is 0 Å². The van der Waals surface area contributed by atoms with E-state index < -0.39 is 0 Å². The first-order chi connectivity index (χ1) is 8.19. The van der Waals surface area contributed by atoms with E-state index in [1.807, 2.05) is 0 Å². The Morgan fingerprint density at radius 3 is 2.76 bits per heavy atom. The minimum Gasteiger partial charge on any atom is -0.310 e. The molecule has 0 bridgehead atoms. The molecule has 0 aliphatic carbocycles. The molecule has 92 valence electrons. The van der Waals surface area contributed by atoms with Crippen LogP contribution in [-0.2, 0) is 6.42 Å². The van der Waals surface area contributed by atoms with Crippen LogP contribution in [0.5, 0.6) is 0 Å². The molecule has 0 fully saturated rings. The number of halogens is 1. The van der Waals surface area contributed by atoms with Crippen LogP contribution < -0.4 is 5.32 Å². The van der Waals surface area contributed by atoms with Gasteiger partial charge >= 0.3 is 0 Å². The van der Waals surface area contributed by atoms with Crippen LogP contribution in [0.15, 0.2) is 16.8 Å². The molecule has 0 aliphatic rings. The van der Waals surface area contributed by atoms with Gasteiger partial charge in [-0.3, -0.25) is 0 Å². The van der Waals surface area contributed by atoms with E-state index >= 15 is 0 Å². The second kappa shape index (κ2) is 6.26. The molecule has 2 nitrogen and oxygen atoms in total. The number of hydrogen-bond acceptors (Lipinski definition) is 4. The van der Waals surface area contributed by atoms with Gasteiger partial charge in [-0.05, 0) is 53.1 Å². The Morgan fingerprint density at radius 1 is 1.41 bits per heavy atom. The van der Waals surface area contributed by atoms with Gasteiger partial charge in [-0.25, -0.2) is 4.98 Å². The van der Waals surface area contributed by atoms with Gasteiger partial charge in [0, 0.05) is 23.5 Å². The Kier molecular flexibility index (Phi) is 4.96. The summed E-state index contributed by atoms with van der Waals surface area (Å²) in [6.45, 7) is 5.19. The highest BCUT2D eigenvalue weighted by Crippen LogP contribution is 2.26. The minimum atomic E-state index is 0.394. The number of likely N-dealkylation sites (N-methyl/N-ethyl adjacent to an activating group) is 1. The summed E-state index contributed by atoms with van der Waals surface area (Å²) in [4.78, 5) is 4.55. The van der Waals surface area contributed by atoms with E-state index in [-0.39, 0.29) is 0 Å². The van der Waals surface area contributed by atoms with Crippen molar-refractivity contribution in [3.8, 4) is 0 Å². The van der Waals surface area contributed by atoms with Crippen LogP contribution in [0.4, 0.5) is 0 Å². The van der Waals surface area contributed by atoms with E-state index in [0.717, 1.165) is 18.7 Å². The standard InChI is InChI=1S/C12H15IN2S2/c1-3-14-10(9-4-11(13)16-7-9)5-12-15-8(2)6-17-12/h4,6-7,10,14H,3,5H2,1-2H3. The maximum Gasteiger partial charge on any atom is 0.0947 e. The Labute approximate surface area is 124 Å². The molecular weight excluding hydrogens is 363 g/mol. The average Bonchev–Trinajstić information content (AvgIpc) is 2.87. The SMILES string of the molecule is CCNC(Cc1nc(C)cs1)c1csc(I)c1. The van der Waals surface area contributed by atoms with Crippen LogP contribution in [0.2, 0.25) is 0 Å². The van der Waals surface area contributed by atoms with Crippen molar-refractivity contribution in [2.45, 2.75) is 26.3 Å².